The number of piperazine rings is 1. The lowest BCUT2D eigenvalue weighted by Crippen LogP contribution is -2.50. The van der Waals surface area contributed by atoms with Gasteiger partial charge >= 0.3 is 0 Å². The Kier molecular flexibility index (Phi) is 3.16. The summed E-state index contributed by atoms with van der Waals surface area (Å²) in [7, 11) is 2.09. The lowest BCUT2D eigenvalue weighted by molar-refractivity contribution is 0.233. The minimum absolute atomic E-state index is 0.180. The Morgan fingerprint density at radius 3 is 3.00 bits per heavy atom. The Balaban J connectivity index is 2.25. The van der Waals surface area contributed by atoms with Crippen LogP contribution in [0.25, 0.3) is 0 Å². The molecular weight excluding hydrogens is 228 g/mol. The van der Waals surface area contributed by atoms with Gasteiger partial charge in [0.15, 0.2) is 5.82 Å². The van der Waals surface area contributed by atoms with Gasteiger partial charge in [0.2, 0.25) is 0 Å². The van der Waals surface area contributed by atoms with Crippen LogP contribution >= 0.6 is 11.6 Å². The first-order chi connectivity index (χ1) is 7.59. The number of hydrogen-bond donors (Lipinski definition) is 1. The summed E-state index contributed by atoms with van der Waals surface area (Å²) in [6, 6.07) is 0.436. The lowest BCUT2D eigenvalue weighted by Gasteiger charge is -2.38. The standard InChI is InChI=1S/C10H15ClN4O/c1-7-5-15(4-3-14(7)2)9-8(11)10(16)13-6-12-9/h6-7H,3-5H2,1-2H3,(H,12,13,16). The van der Waals surface area contributed by atoms with Crippen LogP contribution < -0.4 is 10.5 Å². The molecule has 1 fully saturated rings. The Hall–Kier alpha value is -1.07. The SMILES string of the molecule is CC1CN(c2nc[nH]c(=O)c2Cl)CCN1C. The van der Waals surface area contributed by atoms with Gasteiger partial charge in [0.25, 0.3) is 5.56 Å². The molecule has 0 amide bonds. The van der Waals surface area contributed by atoms with E-state index in [9.17, 15) is 4.79 Å². The molecule has 1 atom stereocenters. The maximum Gasteiger partial charge on any atom is 0.271 e. The molecule has 88 valence electrons. The Morgan fingerprint density at radius 1 is 1.56 bits per heavy atom. The van der Waals surface area contributed by atoms with Crippen molar-refractivity contribution in [3.63, 3.8) is 0 Å². The number of rotatable bonds is 1. The molecule has 1 aliphatic rings. The third-order valence-corrected chi connectivity index (χ3v) is 3.38. The smallest absolute Gasteiger partial charge is 0.271 e. The monoisotopic (exact) mass is 242 g/mol. The van der Waals surface area contributed by atoms with Crippen LogP contribution in [0, 0.1) is 0 Å². The second kappa shape index (κ2) is 4.43. The zero-order valence-corrected chi connectivity index (χ0v) is 10.2. The summed E-state index contributed by atoms with van der Waals surface area (Å²) in [5, 5.41) is 0.180. The molecule has 0 bridgehead atoms. The van der Waals surface area contributed by atoms with Crippen molar-refractivity contribution in [1.29, 1.82) is 0 Å². The summed E-state index contributed by atoms with van der Waals surface area (Å²) in [5.74, 6) is 0.588. The van der Waals surface area contributed by atoms with Gasteiger partial charge in [-0.2, -0.15) is 0 Å². The molecule has 2 heterocycles. The molecule has 0 saturated carbocycles. The molecule has 1 aromatic heterocycles. The minimum Gasteiger partial charge on any atom is -0.352 e. The van der Waals surface area contributed by atoms with Crippen molar-refractivity contribution < 1.29 is 0 Å². The Labute approximate surface area is 99.0 Å². The maximum atomic E-state index is 11.4. The second-order valence-electron chi connectivity index (χ2n) is 4.14. The molecule has 1 saturated heterocycles. The average molecular weight is 243 g/mol. The van der Waals surface area contributed by atoms with E-state index in [2.05, 4.69) is 33.7 Å². The van der Waals surface area contributed by atoms with E-state index in [4.69, 9.17) is 11.6 Å². The van der Waals surface area contributed by atoms with Gasteiger partial charge in [-0.05, 0) is 14.0 Å². The highest BCUT2D eigenvalue weighted by molar-refractivity contribution is 6.32. The van der Waals surface area contributed by atoms with Crippen LogP contribution in [0.3, 0.4) is 0 Å². The van der Waals surface area contributed by atoms with E-state index in [1.807, 2.05) is 0 Å². The first-order valence-electron chi connectivity index (χ1n) is 5.28. The first kappa shape index (κ1) is 11.4. The molecule has 0 spiro atoms. The van der Waals surface area contributed by atoms with E-state index in [0.717, 1.165) is 19.6 Å². The van der Waals surface area contributed by atoms with E-state index < -0.39 is 0 Å². The zero-order valence-electron chi connectivity index (χ0n) is 9.40. The van der Waals surface area contributed by atoms with E-state index in [1.54, 1.807) is 0 Å². The van der Waals surface area contributed by atoms with Crippen molar-refractivity contribution in [3.05, 3.63) is 21.7 Å². The predicted octanol–water partition coefficient (Wildman–Crippen LogP) is 0.564. The highest BCUT2D eigenvalue weighted by atomic mass is 35.5. The van der Waals surface area contributed by atoms with Gasteiger partial charge in [0, 0.05) is 25.7 Å². The van der Waals surface area contributed by atoms with Gasteiger partial charge < -0.3 is 14.8 Å². The van der Waals surface area contributed by atoms with Crippen molar-refractivity contribution in [2.24, 2.45) is 0 Å². The summed E-state index contributed by atoms with van der Waals surface area (Å²) >= 11 is 5.95. The van der Waals surface area contributed by atoms with E-state index >= 15 is 0 Å². The Bertz CT molecular complexity index is 433. The quantitative estimate of drug-likeness (QED) is 0.782. The van der Waals surface area contributed by atoms with E-state index in [-0.39, 0.29) is 10.6 Å². The van der Waals surface area contributed by atoms with Gasteiger partial charge in [0.1, 0.15) is 5.02 Å². The van der Waals surface area contributed by atoms with Crippen LogP contribution in [0.5, 0.6) is 0 Å². The van der Waals surface area contributed by atoms with Crippen molar-refractivity contribution in [1.82, 2.24) is 14.9 Å². The molecule has 1 aromatic rings. The van der Waals surface area contributed by atoms with Crippen molar-refractivity contribution in [2.45, 2.75) is 13.0 Å². The van der Waals surface area contributed by atoms with Gasteiger partial charge in [-0.3, -0.25) is 4.79 Å². The molecule has 0 radical (unpaired) electrons. The summed E-state index contributed by atoms with van der Waals surface area (Å²) in [6.07, 6.45) is 1.40. The molecule has 2 rings (SSSR count). The van der Waals surface area contributed by atoms with Crippen LogP contribution in [0.15, 0.2) is 11.1 Å². The molecule has 1 N–H and O–H groups in total. The predicted molar refractivity (Wildman–Crippen MR) is 64.2 cm³/mol. The number of H-pyrrole nitrogens is 1. The van der Waals surface area contributed by atoms with Crippen molar-refractivity contribution in [3.8, 4) is 0 Å². The van der Waals surface area contributed by atoms with Crippen molar-refractivity contribution >= 4 is 17.4 Å². The van der Waals surface area contributed by atoms with Crippen molar-refractivity contribution in [2.75, 3.05) is 31.6 Å². The first-order valence-corrected chi connectivity index (χ1v) is 5.65. The molecule has 1 unspecified atom stereocenters. The van der Waals surface area contributed by atoms with Gasteiger partial charge in [0.05, 0.1) is 6.33 Å². The number of hydrogen-bond acceptors (Lipinski definition) is 4. The molecule has 16 heavy (non-hydrogen) atoms. The number of nitrogens with zero attached hydrogens (tertiary/aromatic N) is 3. The minimum atomic E-state index is -0.279. The number of halogens is 1. The fraction of sp³-hybridized carbons (Fsp3) is 0.600. The molecule has 0 aliphatic carbocycles. The highest BCUT2D eigenvalue weighted by Crippen LogP contribution is 2.21. The van der Waals surface area contributed by atoms with Crippen LogP contribution in [-0.2, 0) is 0 Å². The largest absolute Gasteiger partial charge is 0.352 e. The average Bonchev–Trinajstić information content (AvgIpc) is 2.26. The number of aromatic amines is 1. The van der Waals surface area contributed by atoms with Crippen LogP contribution in [0.1, 0.15) is 6.92 Å². The maximum absolute atomic E-state index is 11.4. The number of likely N-dealkylation sites (N-methyl/N-ethyl adjacent to an activating group) is 1. The zero-order chi connectivity index (χ0) is 11.7. The third kappa shape index (κ3) is 2.05. The number of aromatic nitrogens is 2. The summed E-state index contributed by atoms with van der Waals surface area (Å²) in [6.45, 7) is 4.78. The molecule has 1 aliphatic heterocycles. The van der Waals surface area contributed by atoms with E-state index in [0.29, 0.717) is 11.9 Å². The fourth-order valence-corrected chi connectivity index (χ4v) is 2.06. The fourth-order valence-electron chi connectivity index (χ4n) is 1.83. The molecule has 5 nitrogen and oxygen atoms in total. The second-order valence-corrected chi connectivity index (χ2v) is 4.52. The Morgan fingerprint density at radius 2 is 2.31 bits per heavy atom. The molecule has 0 aromatic carbocycles. The number of anilines is 1. The van der Waals surface area contributed by atoms with Crippen LogP contribution in [0.4, 0.5) is 5.82 Å². The molecule has 6 heteroatoms. The topological polar surface area (TPSA) is 52.2 Å². The lowest BCUT2D eigenvalue weighted by atomic mass is 10.2. The summed E-state index contributed by atoms with van der Waals surface area (Å²) in [5.41, 5.74) is -0.279. The normalized spacial score (nSPS) is 22.4. The van der Waals surface area contributed by atoms with Gasteiger partial charge in [-0.25, -0.2) is 4.98 Å². The summed E-state index contributed by atoms with van der Waals surface area (Å²) < 4.78 is 0. The number of nitrogens with one attached hydrogen (secondary N) is 1. The van der Waals surface area contributed by atoms with Crippen LogP contribution in [-0.4, -0.2) is 47.6 Å². The highest BCUT2D eigenvalue weighted by Gasteiger charge is 2.23. The van der Waals surface area contributed by atoms with Crippen LogP contribution in [0.2, 0.25) is 5.02 Å². The molecular formula is C10H15ClN4O. The van der Waals surface area contributed by atoms with Gasteiger partial charge in [-0.15, -0.1) is 0 Å². The van der Waals surface area contributed by atoms with Gasteiger partial charge in [-0.1, -0.05) is 11.6 Å². The summed E-state index contributed by atoms with van der Waals surface area (Å²) in [4.78, 5) is 22.3. The van der Waals surface area contributed by atoms with E-state index in [1.165, 1.54) is 6.33 Å². The third-order valence-electron chi connectivity index (χ3n) is 3.04.